The van der Waals surface area contributed by atoms with Crippen molar-refractivity contribution in [1.29, 1.82) is 0 Å². The molecule has 2 amide bonds. The van der Waals surface area contributed by atoms with Crippen LogP contribution in [-0.4, -0.2) is 38.1 Å². The Balaban J connectivity index is 0.00000204. The van der Waals surface area contributed by atoms with Crippen molar-refractivity contribution < 1.29 is 25.6 Å². The molecule has 32 heavy (non-hydrogen) atoms. The van der Waals surface area contributed by atoms with Crippen LogP contribution in [0.25, 0.3) is 0 Å². The number of carbonyl (C=O) groups is 2. The Morgan fingerprint density at radius 1 is 1.22 bits per heavy atom. The molecule has 1 atom stereocenters. The molecule has 0 aliphatic carbocycles. The second-order valence-corrected chi connectivity index (χ2v) is 9.70. The molecule has 4 rings (SSSR count). The van der Waals surface area contributed by atoms with E-state index in [0.717, 1.165) is 0 Å². The predicted octanol–water partition coefficient (Wildman–Crippen LogP) is 4.44. The van der Waals surface area contributed by atoms with Crippen molar-refractivity contribution in [2.75, 3.05) is 21.5 Å². The van der Waals surface area contributed by atoms with Gasteiger partial charge >= 0.3 is 6.09 Å². The molecule has 1 aliphatic rings. The van der Waals surface area contributed by atoms with Crippen LogP contribution in [0.3, 0.4) is 0 Å². The van der Waals surface area contributed by atoms with Gasteiger partial charge in [-0.2, -0.15) is 0 Å². The molecule has 2 aromatic carbocycles. The first-order chi connectivity index (χ1) is 15.3. The number of nitrogens with one attached hydrogen (secondary N) is 2. The third-order valence-corrected chi connectivity index (χ3v) is 7.13. The number of aromatic nitrogens is 1. The Bertz CT molecular complexity index is 1240. The fourth-order valence-electron chi connectivity index (χ4n) is 3.10. The molecule has 9 nitrogen and oxygen atoms in total. The number of rotatable bonds is 6. The van der Waals surface area contributed by atoms with Crippen molar-refractivity contribution in [3.63, 3.8) is 0 Å². The number of amides is 2. The van der Waals surface area contributed by atoms with Crippen LogP contribution in [-0.2, 0) is 19.6 Å². The van der Waals surface area contributed by atoms with Crippen LogP contribution in [0.1, 0.15) is 9.27 Å². The number of benzene rings is 2. The Hall–Kier alpha value is -3.15. The summed E-state index contributed by atoms with van der Waals surface area (Å²) in [6.45, 7) is 0.326. The smallest absolute Gasteiger partial charge is 0.412 e. The molecule has 170 valence electrons. The van der Waals surface area contributed by atoms with Crippen molar-refractivity contribution in [2.45, 2.75) is 17.4 Å². The van der Waals surface area contributed by atoms with Gasteiger partial charge in [0.15, 0.2) is 11.2 Å². The number of hydrogen-bond donors (Lipinski definition) is 2. The van der Waals surface area contributed by atoms with Gasteiger partial charge in [-0.15, -0.1) is 11.3 Å². The number of para-hydroxylation sites is 1. The van der Waals surface area contributed by atoms with Crippen molar-refractivity contribution in [3.8, 4) is 0 Å². The van der Waals surface area contributed by atoms with Crippen LogP contribution >= 0.6 is 22.9 Å². The zero-order valence-corrected chi connectivity index (χ0v) is 18.8. The second kappa shape index (κ2) is 9.15. The highest BCUT2D eigenvalue weighted by Crippen LogP contribution is 2.26. The normalized spacial score (nSPS) is 16.1. The van der Waals surface area contributed by atoms with Gasteiger partial charge in [0.1, 0.15) is 0 Å². The summed E-state index contributed by atoms with van der Waals surface area (Å²) in [5, 5.41) is 4.79. The first-order valence-electron chi connectivity index (χ1n) is 9.39. The molecule has 1 fully saturated rings. The third-order valence-electron chi connectivity index (χ3n) is 4.63. The van der Waals surface area contributed by atoms with Crippen LogP contribution in [0.2, 0.25) is 5.02 Å². The molecule has 1 saturated heterocycles. The van der Waals surface area contributed by atoms with Crippen LogP contribution < -0.4 is 14.9 Å². The van der Waals surface area contributed by atoms with Gasteiger partial charge < -0.3 is 9.64 Å². The maximum atomic E-state index is 12.7. The van der Waals surface area contributed by atoms with Crippen molar-refractivity contribution in [1.82, 2.24) is 4.98 Å². The van der Waals surface area contributed by atoms with Gasteiger partial charge in [-0.05, 0) is 36.4 Å². The Morgan fingerprint density at radius 2 is 1.97 bits per heavy atom. The molecular formula is C20H21ClN4O5S2. The van der Waals surface area contributed by atoms with Crippen molar-refractivity contribution in [2.24, 2.45) is 0 Å². The third kappa shape index (κ3) is 4.85. The van der Waals surface area contributed by atoms with Gasteiger partial charge in [0.05, 0.1) is 15.6 Å². The van der Waals surface area contributed by atoms with Crippen LogP contribution in [0.15, 0.2) is 65.0 Å². The molecule has 0 saturated carbocycles. The zero-order chi connectivity index (χ0) is 22.7. The minimum atomic E-state index is -3.79. The lowest BCUT2D eigenvalue weighted by atomic mass is 10.3. The second-order valence-electron chi connectivity index (χ2n) is 6.71. The molecule has 2 N–H and O–H groups in total. The fourth-order valence-corrected chi connectivity index (χ4v) is 5.08. The first-order valence-corrected chi connectivity index (χ1v) is 12.1. The van der Waals surface area contributed by atoms with E-state index in [1.54, 1.807) is 29.6 Å². The number of ether oxygens (including phenoxy) is 1. The summed E-state index contributed by atoms with van der Waals surface area (Å²) in [6, 6.07) is 12.5. The minimum absolute atomic E-state index is 0. The van der Waals surface area contributed by atoms with Gasteiger partial charge in [0, 0.05) is 33.1 Å². The van der Waals surface area contributed by atoms with Gasteiger partial charge in [0.25, 0.3) is 15.9 Å². The number of nitrogens with zero attached hydrogens (tertiary/aromatic N) is 2. The SMILES string of the molecule is O=C(Nc1ccccc1Cl)O[C@H]1CCN(c2ccc(S(=O)(=O)Nc3nccs3)cc2)C1=O.[HH].[HH]. The van der Waals surface area contributed by atoms with E-state index in [9.17, 15) is 18.0 Å². The highest BCUT2D eigenvalue weighted by molar-refractivity contribution is 7.93. The summed E-state index contributed by atoms with van der Waals surface area (Å²) in [4.78, 5) is 30.2. The quantitative estimate of drug-likeness (QED) is 0.520. The molecule has 0 spiro atoms. The highest BCUT2D eigenvalue weighted by Gasteiger charge is 2.35. The van der Waals surface area contributed by atoms with E-state index >= 15 is 0 Å². The summed E-state index contributed by atoms with van der Waals surface area (Å²) in [6.07, 6.45) is 0.0681. The molecule has 3 aromatic rings. The molecule has 1 aliphatic heterocycles. The number of hydrogen-bond acceptors (Lipinski definition) is 7. The van der Waals surface area contributed by atoms with E-state index < -0.39 is 28.1 Å². The summed E-state index contributed by atoms with van der Waals surface area (Å²) < 4.78 is 32.5. The molecule has 1 aromatic heterocycles. The molecule has 0 radical (unpaired) electrons. The summed E-state index contributed by atoms with van der Waals surface area (Å²) in [5.41, 5.74) is 0.880. The van der Waals surface area contributed by atoms with E-state index in [1.807, 2.05) is 0 Å². The minimum Gasteiger partial charge on any atom is -0.436 e. The molecular weight excluding hydrogens is 476 g/mol. The van der Waals surface area contributed by atoms with Crippen LogP contribution in [0.4, 0.5) is 21.3 Å². The number of anilines is 3. The highest BCUT2D eigenvalue weighted by atomic mass is 35.5. The van der Waals surface area contributed by atoms with Crippen molar-refractivity contribution in [3.05, 3.63) is 65.1 Å². The maximum Gasteiger partial charge on any atom is 0.412 e. The average molecular weight is 497 g/mol. The predicted molar refractivity (Wildman–Crippen MR) is 126 cm³/mol. The molecule has 0 unspecified atom stereocenters. The summed E-state index contributed by atoms with van der Waals surface area (Å²) in [7, 11) is -3.79. The van der Waals surface area contributed by atoms with E-state index in [4.69, 9.17) is 16.3 Å². The van der Waals surface area contributed by atoms with E-state index in [2.05, 4.69) is 15.0 Å². The lowest BCUT2D eigenvalue weighted by Crippen LogP contribution is -2.33. The maximum absolute atomic E-state index is 12.7. The zero-order valence-electron chi connectivity index (χ0n) is 16.4. The van der Waals surface area contributed by atoms with Crippen LogP contribution in [0, 0.1) is 0 Å². The average Bonchev–Trinajstić information content (AvgIpc) is 3.39. The van der Waals surface area contributed by atoms with E-state index in [0.29, 0.717) is 29.4 Å². The molecule has 12 heteroatoms. The standard InChI is InChI=1S/C20H17ClN4O5S2.2H2/c21-15-3-1-2-4-16(15)23-20(27)30-17-9-11-25(18(17)26)13-5-7-14(8-6-13)32(28,29)24-19-22-10-12-31-19;;/h1-8,10,12,17H,9,11H2,(H,22,24)(H,23,27);2*1H/t17-;;/m0../s1. The lowest BCUT2D eigenvalue weighted by Gasteiger charge is -2.17. The van der Waals surface area contributed by atoms with Gasteiger partial charge in [-0.3, -0.25) is 14.8 Å². The largest absolute Gasteiger partial charge is 0.436 e. The Morgan fingerprint density at radius 3 is 2.66 bits per heavy atom. The van der Waals surface area contributed by atoms with E-state index in [-0.39, 0.29) is 12.9 Å². The van der Waals surface area contributed by atoms with Gasteiger partial charge in [-0.25, -0.2) is 18.2 Å². The fraction of sp³-hybridized carbons (Fsp3) is 0.150. The van der Waals surface area contributed by atoms with Crippen molar-refractivity contribution >= 4 is 61.5 Å². The Kier molecular flexibility index (Phi) is 6.31. The van der Waals surface area contributed by atoms with E-state index in [1.165, 1.54) is 46.7 Å². The first kappa shape index (κ1) is 22.1. The summed E-state index contributed by atoms with van der Waals surface area (Å²) in [5.74, 6) is -0.393. The topological polar surface area (TPSA) is 118 Å². The summed E-state index contributed by atoms with van der Waals surface area (Å²) >= 11 is 7.17. The van der Waals surface area contributed by atoms with Crippen LogP contribution in [0.5, 0.6) is 0 Å². The Labute approximate surface area is 196 Å². The monoisotopic (exact) mass is 496 g/mol. The number of carbonyl (C=O) groups excluding carboxylic acids is 2. The number of thiazole rings is 1. The lowest BCUT2D eigenvalue weighted by molar-refractivity contribution is -0.124. The number of sulfonamides is 1. The van der Waals surface area contributed by atoms with Gasteiger partial charge in [0.2, 0.25) is 0 Å². The van der Waals surface area contributed by atoms with Gasteiger partial charge in [-0.1, -0.05) is 23.7 Å². The molecule has 2 heterocycles. The molecule has 0 bridgehead atoms. The number of halogens is 1.